The Labute approximate surface area is 137 Å². The Morgan fingerprint density at radius 1 is 0.913 bits per heavy atom. The largest absolute Gasteiger partial charge is 0.479 e. The molecule has 0 spiro atoms. The van der Waals surface area contributed by atoms with E-state index >= 15 is 0 Å². The Kier molecular flexibility index (Phi) is 9.66. The van der Waals surface area contributed by atoms with Gasteiger partial charge in [0.05, 0.1) is 0 Å². The van der Waals surface area contributed by atoms with Crippen molar-refractivity contribution >= 4 is 5.97 Å². The first-order chi connectivity index (χ1) is 11.0. The number of carboxylic acids is 1. The molecule has 23 heavy (non-hydrogen) atoms. The van der Waals surface area contributed by atoms with Gasteiger partial charge >= 0.3 is 5.97 Å². The van der Waals surface area contributed by atoms with Gasteiger partial charge in [-0.1, -0.05) is 51.9 Å². The van der Waals surface area contributed by atoms with Gasteiger partial charge in [-0.15, -0.1) is 0 Å². The van der Waals surface area contributed by atoms with Crippen molar-refractivity contribution in [1.29, 1.82) is 0 Å². The van der Waals surface area contributed by atoms with E-state index in [-0.39, 0.29) is 0 Å². The van der Waals surface area contributed by atoms with E-state index in [1.807, 2.05) is 0 Å². The van der Waals surface area contributed by atoms with Gasteiger partial charge in [-0.05, 0) is 6.42 Å². The number of hydrogen-bond donors (Lipinski definition) is 4. The van der Waals surface area contributed by atoms with Gasteiger partial charge in [0, 0.05) is 6.61 Å². The molecule has 0 unspecified atom stereocenters. The van der Waals surface area contributed by atoms with E-state index in [0.717, 1.165) is 19.3 Å². The molecule has 0 saturated carbocycles. The van der Waals surface area contributed by atoms with Crippen LogP contribution in [-0.2, 0) is 14.3 Å². The summed E-state index contributed by atoms with van der Waals surface area (Å²) in [6.07, 6.45) is 1.50. The van der Waals surface area contributed by atoms with Gasteiger partial charge in [-0.25, -0.2) is 4.79 Å². The molecular formula is C16H30O7. The van der Waals surface area contributed by atoms with Gasteiger partial charge in [-0.3, -0.25) is 0 Å². The predicted octanol–water partition coefficient (Wildman–Crippen LogP) is 1.04. The van der Waals surface area contributed by atoms with Crippen molar-refractivity contribution in [3.63, 3.8) is 0 Å². The molecule has 1 saturated heterocycles. The van der Waals surface area contributed by atoms with E-state index in [9.17, 15) is 20.1 Å². The lowest BCUT2D eigenvalue weighted by atomic mass is 9.99. The first kappa shape index (κ1) is 20.3. The fourth-order valence-corrected chi connectivity index (χ4v) is 2.63. The molecular weight excluding hydrogens is 304 g/mol. The normalized spacial score (nSPS) is 31.2. The van der Waals surface area contributed by atoms with Gasteiger partial charge in [0.2, 0.25) is 0 Å². The summed E-state index contributed by atoms with van der Waals surface area (Å²) >= 11 is 0. The lowest BCUT2D eigenvalue weighted by Gasteiger charge is -2.38. The van der Waals surface area contributed by atoms with Crippen LogP contribution in [0.15, 0.2) is 0 Å². The molecule has 1 fully saturated rings. The van der Waals surface area contributed by atoms with Crippen LogP contribution in [0, 0.1) is 0 Å². The second-order valence-corrected chi connectivity index (χ2v) is 6.08. The average Bonchev–Trinajstić information content (AvgIpc) is 2.52. The Morgan fingerprint density at radius 2 is 1.48 bits per heavy atom. The van der Waals surface area contributed by atoms with Crippen molar-refractivity contribution in [2.75, 3.05) is 6.61 Å². The van der Waals surface area contributed by atoms with Crippen molar-refractivity contribution in [2.45, 2.75) is 89.0 Å². The zero-order valence-electron chi connectivity index (χ0n) is 13.8. The SMILES string of the molecule is CCCCCCCCCCO[C@H]1O[C@H](C(=O)O)[C@@H](O)[C@H](O)[C@@H]1O. The molecule has 1 rings (SSSR count). The van der Waals surface area contributed by atoms with Gasteiger partial charge in [-0.2, -0.15) is 0 Å². The highest BCUT2D eigenvalue weighted by molar-refractivity contribution is 5.73. The van der Waals surface area contributed by atoms with Crippen LogP contribution in [0.3, 0.4) is 0 Å². The van der Waals surface area contributed by atoms with Crippen LogP contribution in [0.5, 0.6) is 0 Å². The second-order valence-electron chi connectivity index (χ2n) is 6.08. The van der Waals surface area contributed by atoms with E-state index in [1.54, 1.807) is 0 Å². The predicted molar refractivity (Wildman–Crippen MR) is 82.9 cm³/mol. The molecule has 1 heterocycles. The van der Waals surface area contributed by atoms with Crippen LogP contribution in [-0.4, -0.2) is 63.7 Å². The molecule has 7 heteroatoms. The van der Waals surface area contributed by atoms with Crippen LogP contribution in [0.4, 0.5) is 0 Å². The average molecular weight is 334 g/mol. The first-order valence-electron chi connectivity index (χ1n) is 8.53. The molecule has 1 aliphatic heterocycles. The molecule has 0 aromatic rings. The number of carbonyl (C=O) groups is 1. The van der Waals surface area contributed by atoms with Gasteiger partial charge < -0.3 is 29.9 Å². The molecule has 0 aliphatic carbocycles. The number of rotatable bonds is 11. The minimum atomic E-state index is -1.68. The molecule has 0 bridgehead atoms. The van der Waals surface area contributed by atoms with Gasteiger partial charge in [0.1, 0.15) is 18.3 Å². The highest BCUT2D eigenvalue weighted by atomic mass is 16.7. The number of ether oxygens (including phenoxy) is 2. The van der Waals surface area contributed by atoms with Crippen molar-refractivity contribution < 1.29 is 34.7 Å². The summed E-state index contributed by atoms with van der Waals surface area (Å²) in [5.74, 6) is -1.40. The number of unbranched alkanes of at least 4 members (excludes halogenated alkanes) is 7. The van der Waals surface area contributed by atoms with Crippen LogP contribution >= 0.6 is 0 Å². The minimum Gasteiger partial charge on any atom is -0.479 e. The quantitative estimate of drug-likeness (QED) is 0.417. The highest BCUT2D eigenvalue weighted by Crippen LogP contribution is 2.22. The number of hydrogen-bond acceptors (Lipinski definition) is 6. The fraction of sp³-hybridized carbons (Fsp3) is 0.938. The molecule has 0 aromatic carbocycles. The number of carboxylic acid groups (broad SMARTS) is 1. The summed E-state index contributed by atoms with van der Waals surface area (Å²) in [5.41, 5.74) is 0. The summed E-state index contributed by atoms with van der Waals surface area (Å²) in [7, 11) is 0. The summed E-state index contributed by atoms with van der Waals surface area (Å²) in [6, 6.07) is 0. The zero-order chi connectivity index (χ0) is 17.2. The summed E-state index contributed by atoms with van der Waals surface area (Å²) in [6.45, 7) is 2.50. The molecule has 136 valence electrons. The van der Waals surface area contributed by atoms with E-state index in [2.05, 4.69) is 6.92 Å². The molecule has 4 N–H and O–H groups in total. The number of aliphatic hydroxyl groups is 3. The maximum Gasteiger partial charge on any atom is 0.335 e. The van der Waals surface area contributed by atoms with Gasteiger partial charge in [0.15, 0.2) is 12.4 Å². The van der Waals surface area contributed by atoms with Crippen LogP contribution in [0.1, 0.15) is 58.3 Å². The fourth-order valence-electron chi connectivity index (χ4n) is 2.63. The van der Waals surface area contributed by atoms with E-state index < -0.39 is 36.7 Å². The minimum absolute atomic E-state index is 0.311. The van der Waals surface area contributed by atoms with Crippen LogP contribution < -0.4 is 0 Å². The van der Waals surface area contributed by atoms with E-state index in [4.69, 9.17) is 14.6 Å². The Bertz CT molecular complexity index is 336. The van der Waals surface area contributed by atoms with Crippen molar-refractivity contribution in [3.05, 3.63) is 0 Å². The third-order valence-electron chi connectivity index (χ3n) is 4.09. The van der Waals surface area contributed by atoms with Crippen molar-refractivity contribution in [1.82, 2.24) is 0 Å². The first-order valence-corrected chi connectivity index (χ1v) is 8.53. The standard InChI is InChI=1S/C16H30O7/c1-2-3-4-5-6-7-8-9-10-22-16-13(19)11(17)12(18)14(23-16)15(20)21/h11-14,16-19H,2-10H2,1H3,(H,20,21)/t11-,12-,13-,14-,16-/m0/s1. The third-order valence-corrected chi connectivity index (χ3v) is 4.09. The Hall–Kier alpha value is -0.730. The lowest BCUT2D eigenvalue weighted by Crippen LogP contribution is -2.60. The topological polar surface area (TPSA) is 116 Å². The molecule has 0 amide bonds. The summed E-state index contributed by atoms with van der Waals surface area (Å²) < 4.78 is 10.4. The summed E-state index contributed by atoms with van der Waals surface area (Å²) in [4.78, 5) is 11.0. The maximum absolute atomic E-state index is 11.0. The smallest absolute Gasteiger partial charge is 0.335 e. The van der Waals surface area contributed by atoms with Crippen molar-refractivity contribution in [2.24, 2.45) is 0 Å². The number of aliphatic hydroxyl groups excluding tert-OH is 3. The lowest BCUT2D eigenvalue weighted by molar-refractivity contribution is -0.294. The molecule has 0 aromatic heterocycles. The van der Waals surface area contributed by atoms with E-state index in [0.29, 0.717) is 6.61 Å². The molecule has 7 nitrogen and oxygen atoms in total. The third kappa shape index (κ3) is 6.73. The highest BCUT2D eigenvalue weighted by Gasteiger charge is 2.47. The molecule has 0 radical (unpaired) electrons. The molecule has 1 aliphatic rings. The Morgan fingerprint density at radius 3 is 2.04 bits per heavy atom. The maximum atomic E-state index is 11.0. The summed E-state index contributed by atoms with van der Waals surface area (Å²) in [5, 5.41) is 37.9. The zero-order valence-corrected chi connectivity index (χ0v) is 13.8. The van der Waals surface area contributed by atoms with Crippen LogP contribution in [0.25, 0.3) is 0 Å². The Balaban J connectivity index is 2.19. The second kappa shape index (κ2) is 10.9. The van der Waals surface area contributed by atoms with Crippen molar-refractivity contribution in [3.8, 4) is 0 Å². The monoisotopic (exact) mass is 334 g/mol. The number of aliphatic carboxylic acids is 1. The van der Waals surface area contributed by atoms with Crippen LogP contribution in [0.2, 0.25) is 0 Å². The molecule has 5 atom stereocenters. The van der Waals surface area contributed by atoms with Gasteiger partial charge in [0.25, 0.3) is 0 Å². The van der Waals surface area contributed by atoms with E-state index in [1.165, 1.54) is 32.1 Å².